The van der Waals surface area contributed by atoms with Crippen LogP contribution in [0.4, 0.5) is 10.9 Å². The van der Waals surface area contributed by atoms with Crippen molar-refractivity contribution in [1.82, 2.24) is 9.88 Å². The summed E-state index contributed by atoms with van der Waals surface area (Å²) in [5.41, 5.74) is 6.95. The smallest absolute Gasteiger partial charge is 0.268 e. The lowest BCUT2D eigenvalue weighted by molar-refractivity contribution is 0.0696. The normalized spacial score (nSPS) is 10.7. The van der Waals surface area contributed by atoms with Crippen LogP contribution in [-0.4, -0.2) is 28.9 Å². The Morgan fingerprint density at radius 3 is 2.57 bits per heavy atom. The third-order valence-electron chi connectivity index (χ3n) is 3.14. The Kier molecular flexibility index (Phi) is 4.80. The first-order valence-corrected chi connectivity index (χ1v) is 7.63. The molecule has 2 aromatic rings. The number of nitrogen functional groups attached to an aromatic ring is 1. The van der Waals surface area contributed by atoms with Crippen LogP contribution in [0.5, 0.6) is 0 Å². The molecular formula is C15H20N4OS. The van der Waals surface area contributed by atoms with Gasteiger partial charge in [-0.25, -0.2) is 4.98 Å². The molecule has 0 saturated carbocycles. The maximum absolute atomic E-state index is 12.7. The number of aromatic nitrogens is 1. The Bertz CT molecular complexity index is 609. The Balaban J connectivity index is 2.25. The van der Waals surface area contributed by atoms with Gasteiger partial charge in [0, 0.05) is 19.6 Å². The van der Waals surface area contributed by atoms with Crippen LogP contribution < -0.4 is 11.1 Å². The molecule has 0 saturated heterocycles. The standard InChI is InChI=1S/C15H20N4OS/c1-10(2)19(9-11-7-5-4-6-8-11)14(20)12-13(16)18-15(17-3)21-12/h4-8,10H,9,16H2,1-3H3,(H,17,18). The van der Waals surface area contributed by atoms with E-state index >= 15 is 0 Å². The van der Waals surface area contributed by atoms with Crippen LogP contribution in [0, 0.1) is 0 Å². The molecule has 1 aromatic heterocycles. The van der Waals surface area contributed by atoms with Gasteiger partial charge < -0.3 is 16.0 Å². The predicted molar refractivity (Wildman–Crippen MR) is 87.5 cm³/mol. The van der Waals surface area contributed by atoms with Crippen molar-refractivity contribution in [3.05, 3.63) is 40.8 Å². The number of carbonyl (C=O) groups excluding carboxylic acids is 1. The molecule has 0 radical (unpaired) electrons. The van der Waals surface area contributed by atoms with Gasteiger partial charge in [0.1, 0.15) is 10.7 Å². The Hall–Kier alpha value is -2.08. The van der Waals surface area contributed by atoms with E-state index in [2.05, 4.69) is 10.3 Å². The number of hydrogen-bond acceptors (Lipinski definition) is 5. The summed E-state index contributed by atoms with van der Waals surface area (Å²) in [4.78, 5) is 19.2. The quantitative estimate of drug-likeness (QED) is 0.891. The average molecular weight is 304 g/mol. The minimum atomic E-state index is -0.0784. The zero-order chi connectivity index (χ0) is 15.4. The molecular weight excluding hydrogens is 284 g/mol. The molecule has 5 nitrogen and oxygen atoms in total. The number of anilines is 2. The van der Waals surface area contributed by atoms with E-state index < -0.39 is 0 Å². The van der Waals surface area contributed by atoms with Gasteiger partial charge in [0.05, 0.1) is 0 Å². The second-order valence-corrected chi connectivity index (χ2v) is 5.99. The van der Waals surface area contributed by atoms with E-state index in [0.717, 1.165) is 5.56 Å². The summed E-state index contributed by atoms with van der Waals surface area (Å²) in [6.07, 6.45) is 0. The molecule has 0 bridgehead atoms. The number of hydrogen-bond donors (Lipinski definition) is 2. The number of nitrogens with two attached hydrogens (primary N) is 1. The van der Waals surface area contributed by atoms with E-state index in [4.69, 9.17) is 5.73 Å². The number of carbonyl (C=O) groups is 1. The van der Waals surface area contributed by atoms with Gasteiger partial charge in [-0.3, -0.25) is 4.79 Å². The van der Waals surface area contributed by atoms with Gasteiger partial charge in [0.15, 0.2) is 5.13 Å². The predicted octanol–water partition coefficient (Wildman–Crippen LogP) is 2.82. The number of amides is 1. The zero-order valence-corrected chi connectivity index (χ0v) is 13.3. The van der Waals surface area contributed by atoms with Crippen LogP contribution in [-0.2, 0) is 6.54 Å². The van der Waals surface area contributed by atoms with E-state index in [9.17, 15) is 4.79 Å². The van der Waals surface area contributed by atoms with E-state index in [-0.39, 0.29) is 17.8 Å². The van der Waals surface area contributed by atoms with Crippen LogP contribution in [0.1, 0.15) is 29.1 Å². The molecule has 3 N–H and O–H groups in total. The summed E-state index contributed by atoms with van der Waals surface area (Å²) in [6.45, 7) is 4.55. The Morgan fingerprint density at radius 2 is 2.05 bits per heavy atom. The molecule has 112 valence electrons. The molecule has 0 fully saturated rings. The highest BCUT2D eigenvalue weighted by Crippen LogP contribution is 2.27. The first-order chi connectivity index (χ1) is 10.0. The first kappa shape index (κ1) is 15.3. The SMILES string of the molecule is CNc1nc(N)c(C(=O)N(Cc2ccccc2)C(C)C)s1. The number of nitrogens with zero attached hydrogens (tertiary/aromatic N) is 2. The number of thiazole rings is 1. The van der Waals surface area contributed by atoms with Crippen LogP contribution in [0.25, 0.3) is 0 Å². The topological polar surface area (TPSA) is 71.2 Å². The molecule has 0 spiro atoms. The summed E-state index contributed by atoms with van der Waals surface area (Å²) < 4.78 is 0. The maximum atomic E-state index is 12.7. The van der Waals surface area contributed by atoms with Crippen LogP contribution in [0.15, 0.2) is 30.3 Å². The van der Waals surface area contributed by atoms with Crippen molar-refractivity contribution in [1.29, 1.82) is 0 Å². The largest absolute Gasteiger partial charge is 0.382 e. The van der Waals surface area contributed by atoms with E-state index in [0.29, 0.717) is 16.6 Å². The summed E-state index contributed by atoms with van der Waals surface area (Å²) >= 11 is 1.29. The van der Waals surface area contributed by atoms with E-state index in [1.165, 1.54) is 11.3 Å². The average Bonchev–Trinajstić information content (AvgIpc) is 2.86. The first-order valence-electron chi connectivity index (χ1n) is 6.82. The maximum Gasteiger partial charge on any atom is 0.268 e. The second kappa shape index (κ2) is 6.58. The molecule has 0 atom stereocenters. The molecule has 0 unspecified atom stereocenters. The summed E-state index contributed by atoms with van der Waals surface area (Å²) in [6, 6.07) is 10.0. The molecule has 1 heterocycles. The van der Waals surface area contributed by atoms with Crippen LogP contribution in [0.3, 0.4) is 0 Å². The van der Waals surface area contributed by atoms with Crippen molar-refractivity contribution >= 4 is 28.2 Å². The van der Waals surface area contributed by atoms with Gasteiger partial charge >= 0.3 is 0 Å². The fourth-order valence-corrected chi connectivity index (χ4v) is 2.79. The van der Waals surface area contributed by atoms with Crippen molar-refractivity contribution in [3.63, 3.8) is 0 Å². The minimum absolute atomic E-state index is 0.0784. The zero-order valence-electron chi connectivity index (χ0n) is 12.5. The van der Waals surface area contributed by atoms with Gasteiger partial charge in [0.25, 0.3) is 5.91 Å². The van der Waals surface area contributed by atoms with Crippen molar-refractivity contribution in [2.75, 3.05) is 18.1 Å². The molecule has 0 aliphatic heterocycles. The fourth-order valence-electron chi connectivity index (χ4n) is 1.99. The molecule has 0 aliphatic rings. The van der Waals surface area contributed by atoms with Gasteiger partial charge in [-0.1, -0.05) is 41.7 Å². The van der Waals surface area contributed by atoms with Crippen molar-refractivity contribution in [2.24, 2.45) is 0 Å². The second-order valence-electron chi connectivity index (χ2n) is 5.00. The van der Waals surface area contributed by atoms with Gasteiger partial charge in [-0.2, -0.15) is 0 Å². The molecule has 6 heteroatoms. The third-order valence-corrected chi connectivity index (χ3v) is 4.22. The molecule has 21 heavy (non-hydrogen) atoms. The molecule has 1 amide bonds. The number of rotatable bonds is 5. The Morgan fingerprint density at radius 1 is 1.38 bits per heavy atom. The summed E-state index contributed by atoms with van der Waals surface area (Å²) in [5, 5.41) is 3.57. The lowest BCUT2D eigenvalue weighted by Gasteiger charge is -2.26. The minimum Gasteiger partial charge on any atom is -0.382 e. The molecule has 2 rings (SSSR count). The molecule has 0 aliphatic carbocycles. The molecule has 1 aromatic carbocycles. The summed E-state index contributed by atoms with van der Waals surface area (Å²) in [7, 11) is 1.76. The van der Waals surface area contributed by atoms with Gasteiger partial charge in [-0.05, 0) is 19.4 Å². The van der Waals surface area contributed by atoms with E-state index in [1.54, 1.807) is 11.9 Å². The lowest BCUT2D eigenvalue weighted by Crippen LogP contribution is -2.36. The van der Waals surface area contributed by atoms with Crippen molar-refractivity contribution in [3.8, 4) is 0 Å². The van der Waals surface area contributed by atoms with E-state index in [1.807, 2.05) is 44.2 Å². The van der Waals surface area contributed by atoms with Crippen LogP contribution >= 0.6 is 11.3 Å². The lowest BCUT2D eigenvalue weighted by atomic mass is 10.2. The highest BCUT2D eigenvalue weighted by atomic mass is 32.1. The van der Waals surface area contributed by atoms with Gasteiger partial charge in [-0.15, -0.1) is 0 Å². The number of nitrogens with one attached hydrogen (secondary N) is 1. The van der Waals surface area contributed by atoms with Crippen LogP contribution in [0.2, 0.25) is 0 Å². The van der Waals surface area contributed by atoms with Gasteiger partial charge in [0.2, 0.25) is 0 Å². The third kappa shape index (κ3) is 3.52. The van der Waals surface area contributed by atoms with Crippen molar-refractivity contribution < 1.29 is 4.79 Å². The number of benzene rings is 1. The van der Waals surface area contributed by atoms with Crippen molar-refractivity contribution in [2.45, 2.75) is 26.4 Å². The highest BCUT2D eigenvalue weighted by Gasteiger charge is 2.24. The summed E-state index contributed by atoms with van der Waals surface area (Å²) in [5.74, 6) is 0.207. The Labute approximate surface area is 128 Å². The monoisotopic (exact) mass is 304 g/mol. The fraction of sp³-hybridized carbons (Fsp3) is 0.333. The highest BCUT2D eigenvalue weighted by molar-refractivity contribution is 7.18.